The summed E-state index contributed by atoms with van der Waals surface area (Å²) in [4.78, 5) is 0. The number of aromatic nitrogens is 2. The molecular weight excluding hydrogens is 286 g/mol. The van der Waals surface area contributed by atoms with Crippen LogP contribution in [0.1, 0.15) is 32.2 Å². The van der Waals surface area contributed by atoms with Crippen LogP contribution in [0.25, 0.3) is 0 Å². The molecule has 0 saturated heterocycles. The minimum absolute atomic E-state index is 0.185. The first-order valence-electron chi connectivity index (χ1n) is 7.22. The number of nitrogens with zero attached hydrogens (tertiary/aromatic N) is 2. The molecule has 0 fully saturated rings. The van der Waals surface area contributed by atoms with Gasteiger partial charge in [-0.05, 0) is 44.5 Å². The van der Waals surface area contributed by atoms with E-state index in [2.05, 4.69) is 17.3 Å². The zero-order valence-corrected chi connectivity index (χ0v) is 13.7. The predicted octanol–water partition coefficient (Wildman–Crippen LogP) is 4.04. The molecule has 0 amide bonds. The zero-order valence-electron chi connectivity index (χ0n) is 13.0. The van der Waals surface area contributed by atoms with E-state index in [1.165, 1.54) is 0 Å². The van der Waals surface area contributed by atoms with E-state index in [9.17, 15) is 0 Å². The number of ether oxygens (including phenoxy) is 1. The normalized spacial score (nSPS) is 11.0. The first-order chi connectivity index (χ1) is 10.0. The first kappa shape index (κ1) is 15.7. The van der Waals surface area contributed by atoms with Crippen LogP contribution in [-0.4, -0.2) is 15.9 Å². The van der Waals surface area contributed by atoms with Gasteiger partial charge in [-0.1, -0.05) is 18.5 Å². The summed E-state index contributed by atoms with van der Waals surface area (Å²) in [5, 5.41) is 8.53. The lowest BCUT2D eigenvalue weighted by Gasteiger charge is -2.11. The van der Waals surface area contributed by atoms with Crippen molar-refractivity contribution in [1.82, 2.24) is 9.78 Å². The summed E-state index contributed by atoms with van der Waals surface area (Å²) in [6.07, 6.45) is 1.03. The van der Waals surface area contributed by atoms with Crippen LogP contribution in [0.15, 0.2) is 24.3 Å². The number of benzene rings is 1. The minimum atomic E-state index is 0.185. The average molecular weight is 308 g/mol. The molecule has 2 aromatic rings. The maximum absolute atomic E-state index is 6.34. The van der Waals surface area contributed by atoms with Crippen LogP contribution in [-0.2, 0) is 20.0 Å². The molecule has 0 radical (unpaired) electrons. The largest absolute Gasteiger partial charge is 0.491 e. The number of anilines is 1. The molecule has 0 bridgehead atoms. The predicted molar refractivity (Wildman–Crippen MR) is 87.1 cm³/mol. The maximum Gasteiger partial charge on any atom is 0.119 e. The van der Waals surface area contributed by atoms with Gasteiger partial charge in [-0.2, -0.15) is 5.10 Å². The van der Waals surface area contributed by atoms with Crippen molar-refractivity contribution in [2.75, 3.05) is 5.32 Å². The number of rotatable bonds is 6. The number of hydrogen-bond donors (Lipinski definition) is 1. The number of aryl methyl sites for hydroxylation is 2. The standard InChI is InChI=1S/C16H22ClN3O/c1-5-14-16(17)15(20(4)19-14)10-18-12-6-8-13(9-7-12)21-11(2)3/h6-9,11,18H,5,10H2,1-4H3. The Morgan fingerprint density at radius 2 is 1.95 bits per heavy atom. The van der Waals surface area contributed by atoms with Crippen molar-refractivity contribution in [3.05, 3.63) is 40.7 Å². The van der Waals surface area contributed by atoms with Gasteiger partial charge in [0.05, 0.1) is 29.1 Å². The summed E-state index contributed by atoms with van der Waals surface area (Å²) in [7, 11) is 1.92. The van der Waals surface area contributed by atoms with Crippen LogP contribution in [0, 0.1) is 0 Å². The second-order valence-corrected chi connectivity index (χ2v) is 5.61. The van der Waals surface area contributed by atoms with Crippen molar-refractivity contribution < 1.29 is 4.74 Å². The maximum atomic E-state index is 6.34. The molecule has 1 aromatic carbocycles. The second-order valence-electron chi connectivity index (χ2n) is 5.23. The third-order valence-electron chi connectivity index (χ3n) is 3.19. The molecule has 4 nitrogen and oxygen atoms in total. The highest BCUT2D eigenvalue weighted by Crippen LogP contribution is 2.22. The Balaban J connectivity index is 2.01. The van der Waals surface area contributed by atoms with Gasteiger partial charge < -0.3 is 10.1 Å². The fourth-order valence-electron chi connectivity index (χ4n) is 2.12. The van der Waals surface area contributed by atoms with Crippen LogP contribution in [0.5, 0.6) is 5.75 Å². The lowest BCUT2D eigenvalue weighted by Crippen LogP contribution is -2.07. The SMILES string of the molecule is CCc1nn(C)c(CNc2ccc(OC(C)C)cc2)c1Cl. The van der Waals surface area contributed by atoms with E-state index in [1.54, 1.807) is 0 Å². The summed E-state index contributed by atoms with van der Waals surface area (Å²) in [6.45, 7) is 6.73. The van der Waals surface area contributed by atoms with Crippen LogP contribution in [0.3, 0.4) is 0 Å². The molecule has 114 valence electrons. The Bertz CT molecular complexity index is 590. The highest BCUT2D eigenvalue weighted by molar-refractivity contribution is 6.31. The molecule has 21 heavy (non-hydrogen) atoms. The van der Waals surface area contributed by atoms with Gasteiger partial charge >= 0.3 is 0 Å². The summed E-state index contributed by atoms with van der Waals surface area (Å²) < 4.78 is 7.46. The molecular formula is C16H22ClN3O. The molecule has 1 N–H and O–H groups in total. The van der Waals surface area contributed by atoms with Crippen molar-refractivity contribution in [2.45, 2.75) is 39.8 Å². The Labute approximate surface area is 131 Å². The monoisotopic (exact) mass is 307 g/mol. The van der Waals surface area contributed by atoms with Crippen molar-refractivity contribution >= 4 is 17.3 Å². The van der Waals surface area contributed by atoms with Gasteiger partial charge in [0, 0.05) is 12.7 Å². The summed E-state index contributed by atoms with van der Waals surface area (Å²) >= 11 is 6.34. The molecule has 0 aliphatic heterocycles. The van der Waals surface area contributed by atoms with Gasteiger partial charge in [0.1, 0.15) is 5.75 Å². The quantitative estimate of drug-likeness (QED) is 0.875. The summed E-state index contributed by atoms with van der Waals surface area (Å²) in [5.74, 6) is 0.877. The van der Waals surface area contributed by atoms with Gasteiger partial charge in [-0.3, -0.25) is 4.68 Å². The Morgan fingerprint density at radius 1 is 1.29 bits per heavy atom. The van der Waals surface area contributed by atoms with E-state index in [1.807, 2.05) is 49.8 Å². The highest BCUT2D eigenvalue weighted by atomic mass is 35.5. The van der Waals surface area contributed by atoms with Crippen LogP contribution in [0.2, 0.25) is 5.02 Å². The smallest absolute Gasteiger partial charge is 0.119 e. The number of hydrogen-bond acceptors (Lipinski definition) is 3. The van der Waals surface area contributed by atoms with Crippen molar-refractivity contribution in [2.24, 2.45) is 7.05 Å². The lowest BCUT2D eigenvalue weighted by atomic mass is 10.2. The van der Waals surface area contributed by atoms with E-state index in [0.717, 1.165) is 34.3 Å². The van der Waals surface area contributed by atoms with Crippen LogP contribution >= 0.6 is 11.6 Å². The van der Waals surface area contributed by atoms with Gasteiger partial charge in [-0.15, -0.1) is 0 Å². The Kier molecular flexibility index (Phi) is 5.12. The molecule has 0 unspecified atom stereocenters. The minimum Gasteiger partial charge on any atom is -0.491 e. The van der Waals surface area contributed by atoms with E-state index in [4.69, 9.17) is 16.3 Å². The zero-order chi connectivity index (χ0) is 15.4. The van der Waals surface area contributed by atoms with Crippen LogP contribution in [0.4, 0.5) is 5.69 Å². The number of nitrogens with one attached hydrogen (secondary N) is 1. The Hall–Kier alpha value is -1.68. The fourth-order valence-corrected chi connectivity index (χ4v) is 2.48. The fraction of sp³-hybridized carbons (Fsp3) is 0.438. The third-order valence-corrected chi connectivity index (χ3v) is 3.63. The van der Waals surface area contributed by atoms with Gasteiger partial charge in [0.25, 0.3) is 0 Å². The molecule has 0 aliphatic rings. The van der Waals surface area contributed by atoms with Gasteiger partial charge in [0.15, 0.2) is 0 Å². The van der Waals surface area contributed by atoms with E-state index in [0.29, 0.717) is 6.54 Å². The average Bonchev–Trinajstić information content (AvgIpc) is 2.72. The molecule has 1 aromatic heterocycles. The Morgan fingerprint density at radius 3 is 2.48 bits per heavy atom. The summed E-state index contributed by atoms with van der Waals surface area (Å²) in [5.41, 5.74) is 2.97. The topological polar surface area (TPSA) is 39.1 Å². The van der Waals surface area contributed by atoms with Gasteiger partial charge in [0.2, 0.25) is 0 Å². The van der Waals surface area contributed by atoms with Crippen molar-refractivity contribution in [3.8, 4) is 5.75 Å². The molecule has 0 aliphatic carbocycles. The van der Waals surface area contributed by atoms with Crippen LogP contribution < -0.4 is 10.1 Å². The highest BCUT2D eigenvalue weighted by Gasteiger charge is 2.12. The van der Waals surface area contributed by atoms with E-state index >= 15 is 0 Å². The first-order valence-corrected chi connectivity index (χ1v) is 7.60. The molecule has 5 heteroatoms. The summed E-state index contributed by atoms with van der Waals surface area (Å²) in [6, 6.07) is 7.93. The molecule has 0 saturated carbocycles. The van der Waals surface area contributed by atoms with E-state index in [-0.39, 0.29) is 6.10 Å². The van der Waals surface area contributed by atoms with Gasteiger partial charge in [-0.25, -0.2) is 0 Å². The number of halogens is 1. The molecule has 1 heterocycles. The van der Waals surface area contributed by atoms with E-state index < -0.39 is 0 Å². The lowest BCUT2D eigenvalue weighted by molar-refractivity contribution is 0.242. The molecule has 2 rings (SSSR count). The second kappa shape index (κ2) is 6.85. The molecule has 0 atom stereocenters. The molecule has 0 spiro atoms. The van der Waals surface area contributed by atoms with Crippen molar-refractivity contribution in [1.29, 1.82) is 0 Å². The van der Waals surface area contributed by atoms with Crippen molar-refractivity contribution in [3.63, 3.8) is 0 Å². The third kappa shape index (κ3) is 3.91.